The highest BCUT2D eigenvalue weighted by molar-refractivity contribution is 6.00. The summed E-state index contributed by atoms with van der Waals surface area (Å²) in [6.07, 6.45) is 0. The van der Waals surface area contributed by atoms with Crippen molar-refractivity contribution in [2.75, 3.05) is 0 Å². The second-order valence-electron chi connectivity index (χ2n) is 6.64. The molecule has 0 spiro atoms. The summed E-state index contributed by atoms with van der Waals surface area (Å²) in [5.74, 6) is -3.96. The van der Waals surface area contributed by atoms with E-state index in [0.29, 0.717) is 0 Å². The number of hydrogen-bond donors (Lipinski definition) is 4. The Balaban J connectivity index is 2.84. The number of nitrogens with one attached hydrogen (secondary N) is 2. The van der Waals surface area contributed by atoms with Crippen molar-refractivity contribution in [3.05, 3.63) is 35.4 Å². The highest BCUT2D eigenvalue weighted by Crippen LogP contribution is 2.09. The molecule has 1 aromatic rings. The van der Waals surface area contributed by atoms with Crippen molar-refractivity contribution >= 4 is 23.8 Å². The minimum atomic E-state index is -1.13. The first-order valence-electron chi connectivity index (χ1n) is 8.22. The summed E-state index contributed by atoms with van der Waals surface area (Å²) in [4.78, 5) is 46.6. The van der Waals surface area contributed by atoms with Crippen LogP contribution in [0.3, 0.4) is 0 Å². The van der Waals surface area contributed by atoms with E-state index in [1.165, 1.54) is 24.3 Å². The highest BCUT2D eigenvalue weighted by atomic mass is 16.4. The molecule has 0 heterocycles. The summed E-state index contributed by atoms with van der Waals surface area (Å²) in [5.41, 5.74) is 0.402. The molecule has 0 bridgehead atoms. The number of rotatable bonds is 8. The molecule has 1 rings (SSSR count). The molecule has 0 aromatic heterocycles. The fourth-order valence-corrected chi connectivity index (χ4v) is 2.25. The Morgan fingerprint density at radius 2 is 0.962 bits per heavy atom. The Morgan fingerprint density at radius 1 is 0.692 bits per heavy atom. The van der Waals surface area contributed by atoms with Crippen molar-refractivity contribution in [3.63, 3.8) is 0 Å². The fraction of sp³-hybridized carbons (Fsp3) is 0.444. The first-order chi connectivity index (χ1) is 12.0. The van der Waals surface area contributed by atoms with Gasteiger partial charge in [0, 0.05) is 11.1 Å². The average molecular weight is 364 g/mol. The number of carboxylic acid groups (broad SMARTS) is 2. The van der Waals surface area contributed by atoms with Crippen LogP contribution in [0.1, 0.15) is 48.4 Å². The molecule has 0 unspecified atom stereocenters. The van der Waals surface area contributed by atoms with Crippen LogP contribution in [-0.4, -0.2) is 46.0 Å². The van der Waals surface area contributed by atoms with E-state index in [0.717, 1.165) is 0 Å². The van der Waals surface area contributed by atoms with Crippen LogP contribution in [0.5, 0.6) is 0 Å². The first-order valence-corrected chi connectivity index (χ1v) is 8.22. The van der Waals surface area contributed by atoms with Gasteiger partial charge in [-0.05, 0) is 36.1 Å². The predicted molar refractivity (Wildman–Crippen MR) is 93.9 cm³/mol. The maximum Gasteiger partial charge on any atom is 0.326 e. The Kier molecular flexibility index (Phi) is 7.30. The molecular formula is C18H24N2O6. The molecule has 26 heavy (non-hydrogen) atoms. The Hall–Kier alpha value is -2.90. The van der Waals surface area contributed by atoms with Crippen molar-refractivity contribution < 1.29 is 29.4 Å². The summed E-state index contributed by atoms with van der Waals surface area (Å²) in [5, 5.41) is 23.1. The Bertz CT molecular complexity index is 622. The molecule has 0 aliphatic rings. The van der Waals surface area contributed by atoms with E-state index >= 15 is 0 Å². The van der Waals surface area contributed by atoms with Crippen molar-refractivity contribution in [2.24, 2.45) is 11.8 Å². The number of carbonyl (C=O) groups is 4. The largest absolute Gasteiger partial charge is 0.480 e. The van der Waals surface area contributed by atoms with Crippen molar-refractivity contribution in [2.45, 2.75) is 39.8 Å². The van der Waals surface area contributed by atoms with E-state index in [4.69, 9.17) is 10.2 Å². The van der Waals surface area contributed by atoms with Crippen molar-refractivity contribution in [3.8, 4) is 0 Å². The fourth-order valence-electron chi connectivity index (χ4n) is 2.25. The van der Waals surface area contributed by atoms with E-state index < -0.39 is 35.8 Å². The average Bonchev–Trinajstić information content (AvgIpc) is 2.55. The van der Waals surface area contributed by atoms with E-state index in [9.17, 15) is 19.2 Å². The van der Waals surface area contributed by atoms with Gasteiger partial charge in [-0.25, -0.2) is 9.59 Å². The molecule has 2 atom stereocenters. The maximum absolute atomic E-state index is 12.1. The van der Waals surface area contributed by atoms with Crippen LogP contribution < -0.4 is 10.6 Å². The van der Waals surface area contributed by atoms with E-state index in [2.05, 4.69) is 10.6 Å². The smallest absolute Gasteiger partial charge is 0.326 e. The van der Waals surface area contributed by atoms with Crippen LogP contribution in [0.25, 0.3) is 0 Å². The number of aliphatic carboxylic acids is 2. The number of hydrogen-bond acceptors (Lipinski definition) is 4. The van der Waals surface area contributed by atoms with Gasteiger partial charge in [-0.1, -0.05) is 27.7 Å². The molecular weight excluding hydrogens is 340 g/mol. The maximum atomic E-state index is 12.1. The minimum Gasteiger partial charge on any atom is -0.480 e. The topological polar surface area (TPSA) is 133 Å². The summed E-state index contributed by atoms with van der Waals surface area (Å²) < 4.78 is 0. The lowest BCUT2D eigenvalue weighted by Crippen LogP contribution is -2.44. The normalized spacial score (nSPS) is 13.2. The van der Waals surface area contributed by atoms with Gasteiger partial charge in [-0.2, -0.15) is 0 Å². The van der Waals surface area contributed by atoms with Crippen LogP contribution in [0.2, 0.25) is 0 Å². The van der Waals surface area contributed by atoms with Crippen LogP contribution in [0.15, 0.2) is 24.3 Å². The molecule has 0 saturated carbocycles. The van der Waals surface area contributed by atoms with E-state index in [1.54, 1.807) is 27.7 Å². The lowest BCUT2D eigenvalue weighted by atomic mass is 10.0. The molecule has 8 heteroatoms. The second-order valence-corrected chi connectivity index (χ2v) is 6.64. The lowest BCUT2D eigenvalue weighted by Gasteiger charge is -2.18. The molecule has 0 radical (unpaired) electrons. The summed E-state index contributed by atoms with van der Waals surface area (Å²) in [6.45, 7) is 6.72. The van der Waals surface area contributed by atoms with Gasteiger partial charge in [-0.3, -0.25) is 9.59 Å². The minimum absolute atomic E-state index is 0.201. The lowest BCUT2D eigenvalue weighted by molar-refractivity contribution is -0.141. The standard InChI is InChI=1S/C18H24N2O6/c1-9(2)13(17(23)24)19-15(21)11-5-7-12(8-6-11)16(22)20-14(10(3)4)18(25)26/h5-10,13-14H,1-4H3,(H,19,21)(H,20,22)(H,23,24)(H,25,26)/t13-,14-/m1/s1. The molecule has 0 fully saturated rings. The highest BCUT2D eigenvalue weighted by Gasteiger charge is 2.25. The van der Waals surface area contributed by atoms with Gasteiger partial charge >= 0.3 is 11.9 Å². The van der Waals surface area contributed by atoms with Crippen LogP contribution >= 0.6 is 0 Å². The SMILES string of the molecule is CC(C)[C@@H](NC(=O)c1ccc(C(=O)N[C@@H](C(=O)O)C(C)C)cc1)C(=O)O. The third-order valence-electron chi connectivity index (χ3n) is 3.85. The summed E-state index contributed by atoms with van der Waals surface area (Å²) in [6, 6.07) is 3.49. The quantitative estimate of drug-likeness (QED) is 0.550. The van der Waals surface area contributed by atoms with Gasteiger partial charge in [0.05, 0.1) is 0 Å². The van der Waals surface area contributed by atoms with Crippen LogP contribution in [0, 0.1) is 11.8 Å². The second kappa shape index (κ2) is 8.98. The van der Waals surface area contributed by atoms with Gasteiger partial charge in [0.25, 0.3) is 11.8 Å². The molecule has 0 saturated heterocycles. The van der Waals surface area contributed by atoms with Crippen LogP contribution in [-0.2, 0) is 9.59 Å². The molecule has 0 aliphatic carbocycles. The van der Waals surface area contributed by atoms with Gasteiger partial charge < -0.3 is 20.8 Å². The molecule has 2 amide bonds. The van der Waals surface area contributed by atoms with E-state index in [1.807, 2.05) is 0 Å². The molecule has 0 aliphatic heterocycles. The van der Waals surface area contributed by atoms with Gasteiger partial charge in [0.15, 0.2) is 0 Å². The summed E-state index contributed by atoms with van der Waals surface area (Å²) in [7, 11) is 0. The Labute approximate surface area is 151 Å². The number of benzene rings is 1. The monoisotopic (exact) mass is 364 g/mol. The first kappa shape index (κ1) is 21.1. The third-order valence-corrected chi connectivity index (χ3v) is 3.85. The van der Waals surface area contributed by atoms with Gasteiger partial charge in [-0.15, -0.1) is 0 Å². The third kappa shape index (κ3) is 5.58. The Morgan fingerprint density at radius 3 is 1.15 bits per heavy atom. The van der Waals surface area contributed by atoms with Crippen molar-refractivity contribution in [1.82, 2.24) is 10.6 Å². The molecule has 142 valence electrons. The van der Waals surface area contributed by atoms with Gasteiger partial charge in [0.1, 0.15) is 12.1 Å². The van der Waals surface area contributed by atoms with Crippen molar-refractivity contribution in [1.29, 1.82) is 0 Å². The van der Waals surface area contributed by atoms with E-state index in [-0.39, 0.29) is 23.0 Å². The number of amides is 2. The van der Waals surface area contributed by atoms with Gasteiger partial charge in [0.2, 0.25) is 0 Å². The number of carboxylic acids is 2. The number of carbonyl (C=O) groups excluding carboxylic acids is 2. The molecule has 4 N–H and O–H groups in total. The zero-order valence-corrected chi connectivity index (χ0v) is 15.1. The predicted octanol–water partition coefficient (Wildman–Crippen LogP) is 1.36. The zero-order valence-electron chi connectivity index (χ0n) is 15.1. The summed E-state index contributed by atoms with van der Waals surface area (Å²) >= 11 is 0. The van der Waals surface area contributed by atoms with Crippen LogP contribution in [0.4, 0.5) is 0 Å². The molecule has 1 aromatic carbocycles. The molecule has 8 nitrogen and oxygen atoms in total. The zero-order chi connectivity index (χ0) is 20.0.